The number of anilines is 1. The topological polar surface area (TPSA) is 109 Å². The van der Waals surface area contributed by atoms with Crippen LogP contribution in [0.3, 0.4) is 0 Å². The van der Waals surface area contributed by atoms with E-state index in [9.17, 15) is 4.79 Å². The molecule has 2 aromatic carbocycles. The van der Waals surface area contributed by atoms with Gasteiger partial charge < -0.3 is 20.7 Å². The minimum Gasteiger partial charge on any atom is -0.378 e. The van der Waals surface area contributed by atoms with Crippen LogP contribution in [-0.2, 0) is 9.53 Å². The number of benzene rings is 2. The van der Waals surface area contributed by atoms with Gasteiger partial charge in [0.15, 0.2) is 0 Å². The first-order chi connectivity index (χ1) is 18.0. The fourth-order valence-corrected chi connectivity index (χ4v) is 4.99. The number of ether oxygens (including phenoxy) is 1. The van der Waals surface area contributed by atoms with Crippen LogP contribution in [-0.4, -0.2) is 53.7 Å². The molecule has 0 unspecified atom stereocenters. The van der Waals surface area contributed by atoms with Gasteiger partial charge in [-0.2, -0.15) is 0 Å². The van der Waals surface area contributed by atoms with E-state index in [0.29, 0.717) is 42.2 Å². The van der Waals surface area contributed by atoms with E-state index in [4.69, 9.17) is 22.1 Å². The van der Waals surface area contributed by atoms with Crippen LogP contribution in [0.5, 0.6) is 0 Å². The maximum absolute atomic E-state index is 15.3. The van der Waals surface area contributed by atoms with E-state index in [0.717, 1.165) is 24.5 Å². The highest BCUT2D eigenvalue weighted by atomic mass is 35.5. The van der Waals surface area contributed by atoms with Crippen LogP contribution in [0.4, 0.5) is 10.1 Å². The number of halogens is 2. The third-order valence-corrected chi connectivity index (χ3v) is 6.89. The number of nitrogens with two attached hydrogens (primary N) is 1. The molecule has 3 aliphatic rings. The average Bonchev–Trinajstić information content (AvgIpc) is 3.38. The molecule has 4 N–H and O–H groups in total. The third kappa shape index (κ3) is 4.24. The average molecular weight is 520 g/mol. The molecule has 188 valence electrons. The van der Waals surface area contributed by atoms with Gasteiger partial charge >= 0.3 is 0 Å². The smallest absolute Gasteiger partial charge is 0.253 e. The first kappa shape index (κ1) is 23.3. The van der Waals surface area contributed by atoms with Gasteiger partial charge in [-0.05, 0) is 36.4 Å². The summed E-state index contributed by atoms with van der Waals surface area (Å²) in [6.45, 7) is 3.52. The Morgan fingerprint density at radius 2 is 2.00 bits per heavy atom. The van der Waals surface area contributed by atoms with Crippen molar-refractivity contribution < 1.29 is 13.9 Å². The molecule has 3 aliphatic heterocycles. The highest BCUT2D eigenvalue weighted by molar-refractivity contribution is 6.35. The largest absolute Gasteiger partial charge is 0.378 e. The summed E-state index contributed by atoms with van der Waals surface area (Å²) in [5.74, 6) is -0.946. The molecule has 0 radical (unpaired) electrons. The normalized spacial score (nSPS) is 18.3. The number of fused-ring (bicyclic) bond motifs is 2. The molecule has 9 nitrogen and oxygen atoms in total. The number of hydrogen-bond acceptors (Lipinski definition) is 8. The first-order valence-electron chi connectivity index (χ1n) is 11.8. The first-order valence-corrected chi connectivity index (χ1v) is 12.2. The zero-order valence-corrected chi connectivity index (χ0v) is 20.4. The number of morpholine rings is 1. The Hall–Kier alpha value is -4.15. The lowest BCUT2D eigenvalue weighted by Gasteiger charge is -2.30. The molecule has 1 amide bonds. The fourth-order valence-electron chi connectivity index (χ4n) is 4.74. The van der Waals surface area contributed by atoms with Crippen molar-refractivity contribution in [1.29, 1.82) is 0 Å². The van der Waals surface area contributed by atoms with E-state index >= 15 is 4.39 Å². The lowest BCUT2D eigenvalue weighted by atomic mass is 9.98. The Labute approximate surface area is 217 Å². The van der Waals surface area contributed by atoms with Crippen molar-refractivity contribution in [1.82, 2.24) is 25.7 Å². The second-order valence-electron chi connectivity index (χ2n) is 8.79. The van der Waals surface area contributed by atoms with Crippen LogP contribution in [0.25, 0.3) is 27.7 Å². The Bertz CT molecular complexity index is 1510. The Kier molecular flexibility index (Phi) is 5.90. The number of aromatic nitrogens is 2. The molecule has 11 heteroatoms. The van der Waals surface area contributed by atoms with Crippen LogP contribution in [0.15, 0.2) is 66.5 Å². The zero-order valence-electron chi connectivity index (χ0n) is 19.7. The van der Waals surface area contributed by atoms with Crippen molar-refractivity contribution in [3.05, 3.63) is 82.9 Å². The molecular formula is C26H23ClFN7O2. The van der Waals surface area contributed by atoms with Crippen LogP contribution in [0.2, 0.25) is 5.02 Å². The van der Waals surface area contributed by atoms with Gasteiger partial charge in [0.2, 0.25) is 0 Å². The van der Waals surface area contributed by atoms with Crippen LogP contribution in [0.1, 0.15) is 5.56 Å². The number of carbonyl (C=O) groups is 1. The van der Waals surface area contributed by atoms with Gasteiger partial charge in [-0.25, -0.2) is 14.4 Å². The molecule has 1 aromatic heterocycles. The fraction of sp³-hybridized carbons (Fsp3) is 0.192. The molecule has 1 fully saturated rings. The van der Waals surface area contributed by atoms with E-state index in [1.165, 1.54) is 18.5 Å². The molecule has 0 spiro atoms. The molecular weight excluding hydrogens is 497 g/mol. The monoisotopic (exact) mass is 519 g/mol. The summed E-state index contributed by atoms with van der Waals surface area (Å²) in [5.41, 5.74) is 12.5. The summed E-state index contributed by atoms with van der Waals surface area (Å²) in [7, 11) is 0. The predicted molar refractivity (Wildman–Crippen MR) is 139 cm³/mol. The van der Waals surface area contributed by atoms with Crippen molar-refractivity contribution in [3.63, 3.8) is 0 Å². The molecule has 6 rings (SSSR count). The molecule has 0 atom stereocenters. The summed E-state index contributed by atoms with van der Waals surface area (Å²) in [5, 5.41) is 5.62. The highest BCUT2D eigenvalue weighted by Crippen LogP contribution is 2.36. The summed E-state index contributed by atoms with van der Waals surface area (Å²) in [4.78, 5) is 23.6. The van der Waals surface area contributed by atoms with E-state index in [2.05, 4.69) is 25.6 Å². The van der Waals surface area contributed by atoms with Gasteiger partial charge in [0, 0.05) is 41.5 Å². The van der Waals surface area contributed by atoms with Crippen molar-refractivity contribution >= 4 is 39.7 Å². The van der Waals surface area contributed by atoms with Crippen molar-refractivity contribution in [2.45, 2.75) is 0 Å². The second kappa shape index (κ2) is 9.38. The molecule has 4 heterocycles. The van der Waals surface area contributed by atoms with Crippen molar-refractivity contribution in [2.24, 2.45) is 5.73 Å². The minimum absolute atomic E-state index is 0.0495. The number of nitrogens with zero attached hydrogens (tertiary/aromatic N) is 4. The lowest BCUT2D eigenvalue weighted by molar-refractivity contribution is -0.112. The molecule has 0 bridgehead atoms. The standard InChI is InChI=1S/C26H23ClFN7O2/c27-20-12-21(28)19(11-18(20)23(25(29)36)26-30-13-16-2-1-5-35(16)33-26)24-17-4-3-15(10-22(17)31-14-32-24)34-6-8-37-9-7-34/h1-4,10-14,30,33H,5-9H2,(H2,29,36)/b26-23+. The number of primary amides is 1. The number of amides is 1. The number of allylic oxidation sites excluding steroid dienone is 1. The third-order valence-electron chi connectivity index (χ3n) is 6.57. The van der Waals surface area contributed by atoms with Crippen molar-refractivity contribution in [2.75, 3.05) is 37.7 Å². The van der Waals surface area contributed by atoms with E-state index in [1.54, 1.807) is 6.20 Å². The quantitative estimate of drug-likeness (QED) is 0.452. The molecule has 0 aliphatic carbocycles. The maximum atomic E-state index is 15.3. The number of rotatable bonds is 4. The zero-order chi connectivity index (χ0) is 25.5. The van der Waals surface area contributed by atoms with Gasteiger partial charge in [-0.15, -0.1) is 0 Å². The molecule has 1 saturated heterocycles. The van der Waals surface area contributed by atoms with Crippen LogP contribution in [0, 0.1) is 5.82 Å². The summed E-state index contributed by atoms with van der Waals surface area (Å²) >= 11 is 6.46. The Balaban J connectivity index is 1.45. The van der Waals surface area contributed by atoms with Gasteiger partial charge in [0.05, 0.1) is 47.3 Å². The van der Waals surface area contributed by atoms with Gasteiger partial charge in [-0.3, -0.25) is 15.2 Å². The molecule has 37 heavy (non-hydrogen) atoms. The van der Waals surface area contributed by atoms with Gasteiger partial charge in [0.25, 0.3) is 5.91 Å². The number of hydrazine groups is 1. The number of nitrogens with one attached hydrogen (secondary N) is 2. The SMILES string of the molecule is NC(=O)/C(=C1\NC=C2C=CCN2N1)c1cc(-c2ncnc3cc(N4CCOCC4)ccc23)c(F)cc1Cl. The molecule has 3 aromatic rings. The van der Waals surface area contributed by atoms with Gasteiger partial charge in [0.1, 0.15) is 18.0 Å². The molecule has 0 saturated carbocycles. The summed E-state index contributed by atoms with van der Waals surface area (Å²) in [6.07, 6.45) is 7.06. The lowest BCUT2D eigenvalue weighted by Crippen LogP contribution is -2.43. The van der Waals surface area contributed by atoms with E-state index in [1.807, 2.05) is 35.4 Å². The highest BCUT2D eigenvalue weighted by Gasteiger charge is 2.26. The number of hydrogen-bond donors (Lipinski definition) is 3. The van der Waals surface area contributed by atoms with Crippen LogP contribution < -0.4 is 21.4 Å². The second-order valence-corrected chi connectivity index (χ2v) is 9.19. The Morgan fingerprint density at radius 3 is 2.81 bits per heavy atom. The van der Waals surface area contributed by atoms with Crippen LogP contribution >= 0.6 is 11.6 Å². The maximum Gasteiger partial charge on any atom is 0.253 e. The van der Waals surface area contributed by atoms with E-state index in [-0.39, 0.29) is 21.7 Å². The number of carbonyl (C=O) groups excluding carboxylic acids is 1. The summed E-state index contributed by atoms with van der Waals surface area (Å²) < 4.78 is 20.8. The minimum atomic E-state index is -0.721. The predicted octanol–water partition coefficient (Wildman–Crippen LogP) is 2.90. The van der Waals surface area contributed by atoms with Gasteiger partial charge in [-0.1, -0.05) is 17.7 Å². The summed E-state index contributed by atoms with van der Waals surface area (Å²) in [6, 6.07) is 8.49. The van der Waals surface area contributed by atoms with E-state index < -0.39 is 11.7 Å². The van der Waals surface area contributed by atoms with Crippen molar-refractivity contribution in [3.8, 4) is 11.3 Å². The Morgan fingerprint density at radius 1 is 1.16 bits per heavy atom.